The van der Waals surface area contributed by atoms with Crippen LogP contribution in [0.15, 0.2) is 24.3 Å². The van der Waals surface area contributed by atoms with Gasteiger partial charge in [-0.05, 0) is 38.0 Å². The summed E-state index contributed by atoms with van der Waals surface area (Å²) in [6.45, 7) is 8.98. The highest BCUT2D eigenvalue weighted by molar-refractivity contribution is 5.98. The van der Waals surface area contributed by atoms with E-state index in [1.807, 2.05) is 27.7 Å². The Morgan fingerprint density at radius 1 is 1.24 bits per heavy atom. The molecule has 5 heteroatoms. The molecule has 0 fully saturated rings. The Kier molecular flexibility index (Phi) is 6.37. The molecule has 1 atom stereocenters. The maximum absolute atomic E-state index is 12.3. The fourth-order valence-corrected chi connectivity index (χ4v) is 1.95. The van der Waals surface area contributed by atoms with Gasteiger partial charge in [0.15, 0.2) is 0 Å². The quantitative estimate of drug-likeness (QED) is 0.842. The van der Waals surface area contributed by atoms with E-state index in [1.54, 1.807) is 29.2 Å². The Morgan fingerprint density at radius 3 is 2.38 bits per heavy atom. The van der Waals surface area contributed by atoms with Crippen molar-refractivity contribution < 1.29 is 9.59 Å². The lowest BCUT2D eigenvalue weighted by Gasteiger charge is -2.19. The molecule has 2 amide bonds. The highest BCUT2D eigenvalue weighted by Gasteiger charge is 2.18. The minimum Gasteiger partial charge on any atom is -0.339 e. The number of nitrogens with one attached hydrogen (secondary N) is 1. The Balaban J connectivity index is 2.86. The molecule has 0 heterocycles. The molecule has 1 aromatic carbocycles. The maximum Gasteiger partial charge on any atom is 0.253 e. The molecule has 1 aromatic rings. The third-order valence-corrected chi connectivity index (χ3v) is 3.45. The van der Waals surface area contributed by atoms with E-state index in [1.165, 1.54) is 0 Å². The molecule has 1 rings (SSSR count). The average Bonchev–Trinajstić information content (AvgIpc) is 2.47. The van der Waals surface area contributed by atoms with Crippen LogP contribution in [0.2, 0.25) is 0 Å². The molecular weight excluding hydrogens is 266 g/mol. The van der Waals surface area contributed by atoms with Crippen molar-refractivity contribution in [3.05, 3.63) is 29.8 Å². The van der Waals surface area contributed by atoms with Gasteiger partial charge < -0.3 is 16.0 Å². The molecule has 0 saturated heterocycles. The highest BCUT2D eigenvalue weighted by Crippen LogP contribution is 2.14. The molecule has 0 saturated carbocycles. The van der Waals surface area contributed by atoms with Crippen LogP contribution in [0.4, 0.5) is 5.69 Å². The third-order valence-electron chi connectivity index (χ3n) is 3.45. The van der Waals surface area contributed by atoms with Crippen molar-refractivity contribution in [3.8, 4) is 0 Å². The summed E-state index contributed by atoms with van der Waals surface area (Å²) in [5, 5.41) is 2.76. The first kappa shape index (κ1) is 17.2. The van der Waals surface area contributed by atoms with Gasteiger partial charge in [-0.15, -0.1) is 0 Å². The smallest absolute Gasteiger partial charge is 0.253 e. The van der Waals surface area contributed by atoms with E-state index >= 15 is 0 Å². The lowest BCUT2D eigenvalue weighted by Crippen LogP contribution is -2.39. The zero-order chi connectivity index (χ0) is 16.0. The Bertz CT molecular complexity index is 496. The predicted octanol–water partition coefficient (Wildman–Crippen LogP) is 2.09. The summed E-state index contributed by atoms with van der Waals surface area (Å²) in [4.78, 5) is 26.0. The van der Waals surface area contributed by atoms with Crippen molar-refractivity contribution in [2.45, 2.75) is 33.7 Å². The number of benzene rings is 1. The molecule has 0 aliphatic heterocycles. The molecule has 0 bridgehead atoms. The Hall–Kier alpha value is -1.88. The average molecular weight is 291 g/mol. The minimum atomic E-state index is -0.563. The summed E-state index contributed by atoms with van der Waals surface area (Å²) in [7, 11) is 0. The van der Waals surface area contributed by atoms with Crippen LogP contribution in [0.3, 0.4) is 0 Å². The molecule has 0 aliphatic carbocycles. The molecule has 3 N–H and O–H groups in total. The molecule has 116 valence electrons. The summed E-state index contributed by atoms with van der Waals surface area (Å²) >= 11 is 0. The van der Waals surface area contributed by atoms with Crippen LogP contribution in [0.1, 0.15) is 38.1 Å². The second kappa shape index (κ2) is 7.78. The number of hydrogen-bond acceptors (Lipinski definition) is 3. The van der Waals surface area contributed by atoms with Gasteiger partial charge in [0.2, 0.25) is 5.91 Å². The van der Waals surface area contributed by atoms with Gasteiger partial charge in [-0.1, -0.05) is 19.9 Å². The molecule has 5 nitrogen and oxygen atoms in total. The van der Waals surface area contributed by atoms with E-state index in [9.17, 15) is 9.59 Å². The zero-order valence-corrected chi connectivity index (χ0v) is 13.2. The van der Waals surface area contributed by atoms with Gasteiger partial charge in [0.05, 0.1) is 6.04 Å². The Labute approximate surface area is 126 Å². The van der Waals surface area contributed by atoms with Gasteiger partial charge in [0.25, 0.3) is 5.91 Å². The van der Waals surface area contributed by atoms with Crippen molar-refractivity contribution >= 4 is 17.5 Å². The van der Waals surface area contributed by atoms with Crippen LogP contribution in [-0.4, -0.2) is 35.8 Å². The second-order valence-corrected chi connectivity index (χ2v) is 5.32. The van der Waals surface area contributed by atoms with E-state index in [-0.39, 0.29) is 17.7 Å². The molecule has 0 radical (unpaired) electrons. The van der Waals surface area contributed by atoms with E-state index < -0.39 is 6.04 Å². The lowest BCUT2D eigenvalue weighted by atomic mass is 10.0. The largest absolute Gasteiger partial charge is 0.339 e. The van der Waals surface area contributed by atoms with Gasteiger partial charge in [-0.2, -0.15) is 0 Å². The SMILES string of the molecule is CCN(CC)C(=O)c1cccc(NC(=O)C(N)C(C)C)c1. The van der Waals surface area contributed by atoms with Crippen molar-refractivity contribution in [2.75, 3.05) is 18.4 Å². The van der Waals surface area contributed by atoms with Crippen LogP contribution in [-0.2, 0) is 4.79 Å². The van der Waals surface area contributed by atoms with Gasteiger partial charge in [0, 0.05) is 24.3 Å². The monoisotopic (exact) mass is 291 g/mol. The first-order chi connectivity index (χ1) is 9.90. The van der Waals surface area contributed by atoms with Crippen LogP contribution < -0.4 is 11.1 Å². The summed E-state index contributed by atoms with van der Waals surface area (Å²) in [6, 6.07) is 6.38. The number of rotatable bonds is 6. The van der Waals surface area contributed by atoms with Crippen LogP contribution in [0, 0.1) is 5.92 Å². The van der Waals surface area contributed by atoms with Gasteiger partial charge >= 0.3 is 0 Å². The van der Waals surface area contributed by atoms with Crippen molar-refractivity contribution in [2.24, 2.45) is 11.7 Å². The van der Waals surface area contributed by atoms with Crippen LogP contribution >= 0.6 is 0 Å². The molecule has 0 aliphatic rings. The standard InChI is InChI=1S/C16H25N3O2/c1-5-19(6-2)16(21)12-8-7-9-13(10-12)18-15(20)14(17)11(3)4/h7-11,14H,5-6,17H2,1-4H3,(H,18,20). The number of nitrogens with two attached hydrogens (primary N) is 1. The number of hydrogen-bond donors (Lipinski definition) is 2. The van der Waals surface area contributed by atoms with Gasteiger partial charge in [-0.3, -0.25) is 9.59 Å². The fraction of sp³-hybridized carbons (Fsp3) is 0.500. The molecular formula is C16H25N3O2. The summed E-state index contributed by atoms with van der Waals surface area (Å²) in [6.07, 6.45) is 0. The number of carbonyl (C=O) groups excluding carboxylic acids is 2. The van der Waals surface area contributed by atoms with E-state index in [4.69, 9.17) is 5.73 Å². The maximum atomic E-state index is 12.3. The fourth-order valence-electron chi connectivity index (χ4n) is 1.95. The van der Waals surface area contributed by atoms with Crippen molar-refractivity contribution in [1.29, 1.82) is 0 Å². The zero-order valence-electron chi connectivity index (χ0n) is 13.2. The number of amides is 2. The normalized spacial score (nSPS) is 12.1. The topological polar surface area (TPSA) is 75.4 Å². The molecule has 0 spiro atoms. The third kappa shape index (κ3) is 4.56. The lowest BCUT2D eigenvalue weighted by molar-refractivity contribution is -0.118. The number of anilines is 1. The van der Waals surface area contributed by atoms with Crippen LogP contribution in [0.5, 0.6) is 0 Å². The van der Waals surface area contributed by atoms with E-state index in [0.717, 1.165) is 0 Å². The first-order valence-corrected chi connectivity index (χ1v) is 7.36. The van der Waals surface area contributed by atoms with Crippen molar-refractivity contribution in [1.82, 2.24) is 4.90 Å². The summed E-state index contributed by atoms with van der Waals surface area (Å²) in [5.74, 6) is -0.216. The van der Waals surface area contributed by atoms with E-state index in [2.05, 4.69) is 5.32 Å². The summed E-state index contributed by atoms with van der Waals surface area (Å²) < 4.78 is 0. The molecule has 1 unspecified atom stereocenters. The van der Waals surface area contributed by atoms with Crippen LogP contribution in [0.25, 0.3) is 0 Å². The van der Waals surface area contributed by atoms with Gasteiger partial charge in [-0.25, -0.2) is 0 Å². The second-order valence-electron chi connectivity index (χ2n) is 5.32. The highest BCUT2D eigenvalue weighted by atomic mass is 16.2. The van der Waals surface area contributed by atoms with Gasteiger partial charge in [0.1, 0.15) is 0 Å². The molecule has 21 heavy (non-hydrogen) atoms. The number of carbonyl (C=O) groups is 2. The minimum absolute atomic E-state index is 0.0377. The van der Waals surface area contributed by atoms with Crippen molar-refractivity contribution in [3.63, 3.8) is 0 Å². The Morgan fingerprint density at radius 2 is 1.86 bits per heavy atom. The predicted molar refractivity (Wildman–Crippen MR) is 85.1 cm³/mol. The summed E-state index contributed by atoms with van der Waals surface area (Å²) in [5.41, 5.74) is 6.97. The van der Waals surface area contributed by atoms with E-state index in [0.29, 0.717) is 24.3 Å². The number of nitrogens with zero attached hydrogens (tertiary/aromatic N) is 1. The first-order valence-electron chi connectivity index (χ1n) is 7.36. The molecule has 0 aromatic heterocycles.